The molecular formula is C11H23O5P. The van der Waals surface area contributed by atoms with Gasteiger partial charge in [0.25, 0.3) is 0 Å². The second kappa shape index (κ2) is 9.63. The average molecular weight is 266 g/mol. The summed E-state index contributed by atoms with van der Waals surface area (Å²) in [7, 11) is -3.75. The quantitative estimate of drug-likeness (QED) is 0.442. The van der Waals surface area contributed by atoms with Gasteiger partial charge in [-0.2, -0.15) is 0 Å². The van der Waals surface area contributed by atoms with Gasteiger partial charge < -0.3 is 13.8 Å². The lowest BCUT2D eigenvalue weighted by molar-refractivity contribution is 0.148. The lowest BCUT2D eigenvalue weighted by Gasteiger charge is -2.16. The smallest absolute Gasteiger partial charge is 0.438 e. The summed E-state index contributed by atoms with van der Waals surface area (Å²) in [6.45, 7) is 6.28. The number of hydrogen-bond acceptors (Lipinski definition) is 5. The average Bonchev–Trinajstić information content (AvgIpc) is 2.30. The van der Waals surface area contributed by atoms with Crippen molar-refractivity contribution < 1.29 is 23.1 Å². The lowest BCUT2D eigenvalue weighted by atomic mass is 10.4. The minimum absolute atomic E-state index is 0.164. The van der Waals surface area contributed by atoms with Crippen LogP contribution in [0.15, 0.2) is 0 Å². The summed E-state index contributed by atoms with van der Waals surface area (Å²) in [4.78, 5) is 11.5. The molecule has 0 saturated heterocycles. The SMILES string of the molecule is CCCCOP(=O)(OCCCC)C(=O)OCC. The maximum atomic E-state index is 12.1. The minimum Gasteiger partial charge on any atom is -0.457 e. The fraction of sp³-hybridized carbons (Fsp3) is 0.909. The van der Waals surface area contributed by atoms with Gasteiger partial charge in [0.2, 0.25) is 0 Å². The molecule has 6 heteroatoms. The lowest BCUT2D eigenvalue weighted by Crippen LogP contribution is -2.10. The standard InChI is InChI=1S/C11H23O5P/c1-4-7-9-15-17(13,11(12)14-6-3)16-10-8-5-2/h4-10H2,1-3H3. The van der Waals surface area contributed by atoms with Crippen LogP contribution in [0.3, 0.4) is 0 Å². The van der Waals surface area contributed by atoms with Crippen molar-refractivity contribution in [2.45, 2.75) is 46.5 Å². The molecule has 0 aliphatic heterocycles. The largest absolute Gasteiger partial charge is 0.457 e. The number of ether oxygens (including phenoxy) is 1. The van der Waals surface area contributed by atoms with E-state index in [9.17, 15) is 9.36 Å². The first-order valence-corrected chi connectivity index (χ1v) is 7.71. The summed E-state index contributed by atoms with van der Waals surface area (Å²) in [6, 6.07) is 0. The Hall–Kier alpha value is -0.380. The predicted octanol–water partition coefficient (Wildman–Crippen LogP) is 3.97. The topological polar surface area (TPSA) is 61.8 Å². The molecule has 0 fully saturated rings. The van der Waals surface area contributed by atoms with Crippen LogP contribution >= 0.6 is 7.60 Å². The first kappa shape index (κ1) is 16.6. The molecule has 17 heavy (non-hydrogen) atoms. The van der Waals surface area contributed by atoms with Gasteiger partial charge in [0.15, 0.2) is 0 Å². The maximum Gasteiger partial charge on any atom is 0.438 e. The first-order chi connectivity index (χ1) is 8.10. The van der Waals surface area contributed by atoms with Gasteiger partial charge in [0.1, 0.15) is 0 Å². The summed E-state index contributed by atoms with van der Waals surface area (Å²) >= 11 is 0. The number of rotatable bonds is 10. The highest BCUT2D eigenvalue weighted by atomic mass is 31.2. The van der Waals surface area contributed by atoms with Gasteiger partial charge in [-0.05, 0) is 19.8 Å². The first-order valence-electron chi connectivity index (χ1n) is 6.17. The van der Waals surface area contributed by atoms with Crippen molar-refractivity contribution in [3.05, 3.63) is 0 Å². The van der Waals surface area contributed by atoms with Crippen molar-refractivity contribution in [1.82, 2.24) is 0 Å². The molecule has 0 spiro atoms. The van der Waals surface area contributed by atoms with Gasteiger partial charge in [0.05, 0.1) is 19.8 Å². The van der Waals surface area contributed by atoms with E-state index < -0.39 is 13.3 Å². The summed E-state index contributed by atoms with van der Waals surface area (Å²) < 4.78 is 27.0. The zero-order valence-corrected chi connectivity index (χ0v) is 11.8. The molecule has 0 radical (unpaired) electrons. The van der Waals surface area contributed by atoms with Crippen molar-refractivity contribution in [1.29, 1.82) is 0 Å². The van der Waals surface area contributed by atoms with Gasteiger partial charge >= 0.3 is 13.3 Å². The number of carbonyl (C=O) groups is 1. The second-order valence-electron chi connectivity index (χ2n) is 3.57. The zero-order chi connectivity index (χ0) is 13.1. The third-order valence-corrected chi connectivity index (χ3v) is 3.63. The molecule has 5 nitrogen and oxygen atoms in total. The van der Waals surface area contributed by atoms with Crippen LogP contribution in [0.1, 0.15) is 46.5 Å². The van der Waals surface area contributed by atoms with E-state index in [0.29, 0.717) is 0 Å². The van der Waals surface area contributed by atoms with Crippen molar-refractivity contribution in [3.63, 3.8) is 0 Å². The Kier molecular flexibility index (Phi) is 9.41. The molecule has 0 amide bonds. The van der Waals surface area contributed by atoms with Crippen LogP contribution in [-0.4, -0.2) is 25.5 Å². The Morgan fingerprint density at radius 1 is 1.00 bits per heavy atom. The van der Waals surface area contributed by atoms with Crippen LogP contribution in [0.2, 0.25) is 0 Å². The van der Waals surface area contributed by atoms with E-state index in [0.717, 1.165) is 25.7 Å². The Balaban J connectivity index is 4.34. The molecule has 102 valence electrons. The molecule has 0 aromatic heterocycles. The van der Waals surface area contributed by atoms with Crippen LogP contribution in [0, 0.1) is 0 Å². The van der Waals surface area contributed by atoms with Crippen LogP contribution in [0.4, 0.5) is 4.79 Å². The molecule has 0 aliphatic carbocycles. The Morgan fingerprint density at radius 3 is 1.82 bits per heavy atom. The Morgan fingerprint density at radius 2 is 1.47 bits per heavy atom. The molecule has 0 N–H and O–H groups in total. The molecule has 0 aromatic rings. The van der Waals surface area contributed by atoms with Crippen molar-refractivity contribution in [2.75, 3.05) is 19.8 Å². The molecule has 0 bridgehead atoms. The molecule has 0 saturated carbocycles. The van der Waals surface area contributed by atoms with E-state index >= 15 is 0 Å². The molecule has 0 aromatic carbocycles. The molecule has 0 aliphatic rings. The highest BCUT2D eigenvalue weighted by Crippen LogP contribution is 2.50. The van der Waals surface area contributed by atoms with Gasteiger partial charge in [-0.1, -0.05) is 26.7 Å². The van der Waals surface area contributed by atoms with Gasteiger partial charge in [-0.3, -0.25) is 0 Å². The minimum atomic E-state index is -3.75. The molecule has 0 rings (SSSR count). The van der Waals surface area contributed by atoms with E-state index in [1.807, 2.05) is 13.8 Å². The number of carbonyl (C=O) groups excluding carboxylic acids is 1. The molecule has 0 heterocycles. The summed E-state index contributed by atoms with van der Waals surface area (Å²) in [5.74, 6) is 0. The molecular weight excluding hydrogens is 243 g/mol. The second-order valence-corrected chi connectivity index (χ2v) is 5.45. The van der Waals surface area contributed by atoms with Crippen molar-refractivity contribution in [3.8, 4) is 0 Å². The fourth-order valence-corrected chi connectivity index (χ4v) is 2.31. The van der Waals surface area contributed by atoms with Gasteiger partial charge in [-0.25, -0.2) is 9.36 Å². The summed E-state index contributed by atoms with van der Waals surface area (Å²) in [5, 5.41) is 0. The monoisotopic (exact) mass is 266 g/mol. The predicted molar refractivity (Wildman–Crippen MR) is 66.3 cm³/mol. The highest BCUT2D eigenvalue weighted by Gasteiger charge is 2.36. The van der Waals surface area contributed by atoms with Crippen LogP contribution in [-0.2, 0) is 18.3 Å². The van der Waals surface area contributed by atoms with E-state index in [-0.39, 0.29) is 19.8 Å². The third kappa shape index (κ3) is 6.81. The van der Waals surface area contributed by atoms with Crippen LogP contribution in [0.5, 0.6) is 0 Å². The summed E-state index contributed by atoms with van der Waals surface area (Å²) in [6.07, 6.45) is 3.27. The zero-order valence-electron chi connectivity index (χ0n) is 10.9. The number of unbranched alkanes of at least 4 members (excludes halogenated alkanes) is 2. The van der Waals surface area contributed by atoms with Crippen molar-refractivity contribution in [2.24, 2.45) is 0 Å². The number of hydrogen-bond donors (Lipinski definition) is 0. The highest BCUT2D eigenvalue weighted by molar-refractivity contribution is 7.71. The van der Waals surface area contributed by atoms with E-state index in [1.54, 1.807) is 6.92 Å². The van der Waals surface area contributed by atoms with Gasteiger partial charge in [-0.15, -0.1) is 0 Å². The molecule has 0 atom stereocenters. The van der Waals surface area contributed by atoms with Crippen molar-refractivity contribution >= 4 is 13.3 Å². The Labute approximate surface area is 103 Å². The molecule has 0 unspecified atom stereocenters. The van der Waals surface area contributed by atoms with E-state index in [4.69, 9.17) is 13.8 Å². The normalized spacial score (nSPS) is 11.5. The maximum absolute atomic E-state index is 12.1. The Bertz CT molecular complexity index is 240. The van der Waals surface area contributed by atoms with Gasteiger partial charge in [0, 0.05) is 0 Å². The van der Waals surface area contributed by atoms with E-state index in [1.165, 1.54) is 0 Å². The summed E-state index contributed by atoms with van der Waals surface area (Å²) in [5.41, 5.74) is -0.882. The van der Waals surface area contributed by atoms with Crippen LogP contribution in [0.25, 0.3) is 0 Å². The fourth-order valence-electron chi connectivity index (χ4n) is 1.00. The van der Waals surface area contributed by atoms with E-state index in [2.05, 4.69) is 0 Å². The van der Waals surface area contributed by atoms with Crippen LogP contribution < -0.4 is 0 Å². The third-order valence-electron chi connectivity index (χ3n) is 2.01.